The summed E-state index contributed by atoms with van der Waals surface area (Å²) < 4.78 is 0. The van der Waals surface area contributed by atoms with Crippen LogP contribution in [-0.4, -0.2) is 59.6 Å². The number of aromatic nitrogens is 2. The SMILES string of the molecule is CCN(CC)CCNC(=O)c1cccc(NC(=O)c2n[nH]c3c2CNCC3)c1.Cl.Cl. The summed E-state index contributed by atoms with van der Waals surface area (Å²) in [7, 11) is 0. The molecule has 8 nitrogen and oxygen atoms in total. The Labute approximate surface area is 189 Å². The number of nitrogens with one attached hydrogen (secondary N) is 4. The molecule has 0 unspecified atom stereocenters. The first-order valence-corrected chi connectivity index (χ1v) is 9.81. The van der Waals surface area contributed by atoms with Crippen molar-refractivity contribution in [3.05, 3.63) is 46.8 Å². The van der Waals surface area contributed by atoms with Crippen LogP contribution in [0.2, 0.25) is 0 Å². The van der Waals surface area contributed by atoms with Gasteiger partial charge in [0.15, 0.2) is 5.69 Å². The number of hydrogen-bond acceptors (Lipinski definition) is 5. The monoisotopic (exact) mass is 456 g/mol. The number of likely N-dealkylation sites (N-methyl/N-ethyl adjacent to an activating group) is 1. The molecular weight excluding hydrogens is 427 g/mol. The third-order valence-corrected chi connectivity index (χ3v) is 5.01. The highest BCUT2D eigenvalue weighted by molar-refractivity contribution is 6.05. The number of fused-ring (bicyclic) bond motifs is 1. The molecule has 0 fully saturated rings. The molecule has 1 aliphatic heterocycles. The fraction of sp³-hybridized carbons (Fsp3) is 0.450. The Balaban J connectivity index is 0.00000225. The van der Waals surface area contributed by atoms with Gasteiger partial charge in [-0.15, -0.1) is 24.8 Å². The number of benzene rings is 1. The maximum Gasteiger partial charge on any atom is 0.276 e. The Kier molecular flexibility index (Phi) is 10.8. The predicted octanol–water partition coefficient (Wildman–Crippen LogP) is 2.22. The Hall–Kier alpha value is -2.13. The molecule has 1 aliphatic rings. The molecule has 3 rings (SSSR count). The van der Waals surface area contributed by atoms with Gasteiger partial charge in [-0.3, -0.25) is 14.7 Å². The van der Waals surface area contributed by atoms with Crippen molar-refractivity contribution in [1.29, 1.82) is 0 Å². The van der Waals surface area contributed by atoms with E-state index in [0.717, 1.165) is 43.9 Å². The summed E-state index contributed by atoms with van der Waals surface area (Å²) in [6, 6.07) is 6.95. The fourth-order valence-corrected chi connectivity index (χ4v) is 3.31. The van der Waals surface area contributed by atoms with Gasteiger partial charge in [-0.25, -0.2) is 0 Å². The number of carbonyl (C=O) groups excluding carboxylic acids is 2. The van der Waals surface area contributed by atoms with Crippen LogP contribution in [0, 0.1) is 0 Å². The van der Waals surface area contributed by atoms with Crippen molar-refractivity contribution in [2.75, 3.05) is 38.0 Å². The van der Waals surface area contributed by atoms with Crippen LogP contribution in [-0.2, 0) is 13.0 Å². The van der Waals surface area contributed by atoms with E-state index in [2.05, 4.69) is 44.9 Å². The first-order chi connectivity index (χ1) is 13.6. The van der Waals surface area contributed by atoms with Gasteiger partial charge in [0.05, 0.1) is 0 Å². The van der Waals surface area contributed by atoms with Gasteiger partial charge in [-0.1, -0.05) is 19.9 Å². The number of anilines is 1. The van der Waals surface area contributed by atoms with Crippen LogP contribution in [0.15, 0.2) is 24.3 Å². The van der Waals surface area contributed by atoms with E-state index in [1.807, 2.05) is 0 Å². The van der Waals surface area contributed by atoms with Crippen molar-refractivity contribution in [3.63, 3.8) is 0 Å². The van der Waals surface area contributed by atoms with E-state index < -0.39 is 0 Å². The lowest BCUT2D eigenvalue weighted by Crippen LogP contribution is -2.34. The van der Waals surface area contributed by atoms with Crippen LogP contribution in [0.5, 0.6) is 0 Å². The zero-order valence-corrected chi connectivity index (χ0v) is 18.9. The predicted molar refractivity (Wildman–Crippen MR) is 123 cm³/mol. The van der Waals surface area contributed by atoms with Crippen LogP contribution >= 0.6 is 24.8 Å². The molecule has 0 radical (unpaired) electrons. The summed E-state index contributed by atoms with van der Waals surface area (Å²) in [5.41, 5.74) is 3.40. The average molecular weight is 457 g/mol. The zero-order chi connectivity index (χ0) is 19.9. The largest absolute Gasteiger partial charge is 0.351 e. The van der Waals surface area contributed by atoms with Gasteiger partial charge in [-0.05, 0) is 31.3 Å². The third-order valence-electron chi connectivity index (χ3n) is 5.01. The maximum absolute atomic E-state index is 12.6. The molecule has 1 aromatic heterocycles. The van der Waals surface area contributed by atoms with Crippen molar-refractivity contribution in [3.8, 4) is 0 Å². The van der Waals surface area contributed by atoms with E-state index >= 15 is 0 Å². The maximum atomic E-state index is 12.6. The summed E-state index contributed by atoms with van der Waals surface area (Å²) in [6.07, 6.45) is 0.832. The lowest BCUT2D eigenvalue weighted by Gasteiger charge is -2.18. The highest BCUT2D eigenvalue weighted by Gasteiger charge is 2.21. The molecule has 0 bridgehead atoms. The Morgan fingerprint density at radius 1 is 1.17 bits per heavy atom. The lowest BCUT2D eigenvalue weighted by molar-refractivity contribution is 0.0947. The second-order valence-electron chi connectivity index (χ2n) is 6.77. The smallest absolute Gasteiger partial charge is 0.276 e. The Bertz CT molecular complexity index is 838. The molecule has 166 valence electrons. The summed E-state index contributed by atoms with van der Waals surface area (Å²) in [6.45, 7) is 9.02. The first kappa shape index (κ1) is 25.9. The fourth-order valence-electron chi connectivity index (χ4n) is 3.31. The minimum Gasteiger partial charge on any atom is -0.351 e. The van der Waals surface area contributed by atoms with E-state index in [9.17, 15) is 9.59 Å². The summed E-state index contributed by atoms with van der Waals surface area (Å²) in [5, 5.41) is 16.1. The van der Waals surface area contributed by atoms with Crippen molar-refractivity contribution in [2.24, 2.45) is 0 Å². The van der Waals surface area contributed by atoms with Gasteiger partial charge in [-0.2, -0.15) is 5.10 Å². The number of halogens is 2. The van der Waals surface area contributed by atoms with Gasteiger partial charge in [0, 0.05) is 55.1 Å². The molecule has 2 amide bonds. The number of aromatic amines is 1. The van der Waals surface area contributed by atoms with E-state index in [0.29, 0.717) is 30.0 Å². The topological polar surface area (TPSA) is 102 Å². The highest BCUT2D eigenvalue weighted by Crippen LogP contribution is 2.18. The molecule has 0 spiro atoms. The normalized spacial score (nSPS) is 12.4. The van der Waals surface area contributed by atoms with Gasteiger partial charge in [0.1, 0.15) is 0 Å². The van der Waals surface area contributed by atoms with Crippen LogP contribution in [0.4, 0.5) is 5.69 Å². The molecule has 2 aromatic rings. The molecule has 4 N–H and O–H groups in total. The van der Waals surface area contributed by atoms with Crippen LogP contribution in [0.25, 0.3) is 0 Å². The Morgan fingerprint density at radius 2 is 1.93 bits per heavy atom. The summed E-state index contributed by atoms with van der Waals surface area (Å²) in [4.78, 5) is 27.3. The van der Waals surface area contributed by atoms with Crippen molar-refractivity contribution < 1.29 is 9.59 Å². The second-order valence-corrected chi connectivity index (χ2v) is 6.77. The summed E-state index contributed by atoms with van der Waals surface area (Å²) in [5.74, 6) is -0.426. The molecule has 10 heteroatoms. The molecule has 0 saturated carbocycles. The van der Waals surface area contributed by atoms with Crippen LogP contribution in [0.1, 0.15) is 46.0 Å². The first-order valence-electron chi connectivity index (χ1n) is 9.81. The van der Waals surface area contributed by atoms with Gasteiger partial charge < -0.3 is 20.9 Å². The minimum atomic E-state index is -0.278. The van der Waals surface area contributed by atoms with Crippen LogP contribution in [0.3, 0.4) is 0 Å². The third kappa shape index (κ3) is 6.43. The Morgan fingerprint density at radius 3 is 2.67 bits per heavy atom. The van der Waals surface area contributed by atoms with E-state index in [-0.39, 0.29) is 36.6 Å². The second kappa shape index (κ2) is 12.5. The molecule has 0 aliphatic carbocycles. The average Bonchev–Trinajstić information content (AvgIpc) is 3.15. The van der Waals surface area contributed by atoms with Crippen LogP contribution < -0.4 is 16.0 Å². The quantitative estimate of drug-likeness (QED) is 0.487. The number of carbonyl (C=O) groups is 2. The number of hydrogen-bond donors (Lipinski definition) is 4. The molecule has 0 atom stereocenters. The van der Waals surface area contributed by atoms with Crippen molar-refractivity contribution in [2.45, 2.75) is 26.8 Å². The number of nitrogens with zero attached hydrogens (tertiary/aromatic N) is 2. The molecule has 30 heavy (non-hydrogen) atoms. The summed E-state index contributed by atoms with van der Waals surface area (Å²) >= 11 is 0. The zero-order valence-electron chi connectivity index (χ0n) is 17.3. The molecule has 2 heterocycles. The van der Waals surface area contributed by atoms with Crippen molar-refractivity contribution >= 4 is 42.3 Å². The molecule has 1 aromatic carbocycles. The van der Waals surface area contributed by atoms with Crippen molar-refractivity contribution in [1.82, 2.24) is 25.7 Å². The van der Waals surface area contributed by atoms with E-state index in [1.165, 1.54) is 0 Å². The number of amides is 2. The van der Waals surface area contributed by atoms with Gasteiger partial charge in [0.2, 0.25) is 0 Å². The number of H-pyrrole nitrogens is 1. The lowest BCUT2D eigenvalue weighted by atomic mass is 10.1. The minimum absolute atomic E-state index is 0. The van der Waals surface area contributed by atoms with E-state index in [4.69, 9.17) is 0 Å². The van der Waals surface area contributed by atoms with Gasteiger partial charge in [0.25, 0.3) is 11.8 Å². The van der Waals surface area contributed by atoms with E-state index in [1.54, 1.807) is 24.3 Å². The number of rotatable bonds is 8. The van der Waals surface area contributed by atoms with Gasteiger partial charge >= 0.3 is 0 Å². The highest BCUT2D eigenvalue weighted by atomic mass is 35.5. The molecular formula is C20H30Cl2N6O2. The standard InChI is InChI=1S/C20H28N6O2.2ClH/c1-3-26(4-2)11-10-22-19(27)14-6-5-7-15(12-14)23-20(28)18-16-13-21-9-8-17(16)24-25-18;;/h5-7,12,21H,3-4,8-11,13H2,1-2H3,(H,22,27)(H,23,28)(H,24,25);2*1H. The molecule has 0 saturated heterocycles.